The zero-order chi connectivity index (χ0) is 15.8. The summed E-state index contributed by atoms with van der Waals surface area (Å²) < 4.78 is 17.4. The van der Waals surface area contributed by atoms with Crippen molar-refractivity contribution in [3.63, 3.8) is 0 Å². The first kappa shape index (κ1) is 19.1. The molecule has 0 amide bonds. The van der Waals surface area contributed by atoms with Crippen molar-refractivity contribution in [2.24, 2.45) is 0 Å². The summed E-state index contributed by atoms with van der Waals surface area (Å²) in [5, 5.41) is -0.0903. The second-order valence-electron chi connectivity index (χ2n) is 4.45. The van der Waals surface area contributed by atoms with E-state index >= 15 is 0 Å². The zero-order valence-electron chi connectivity index (χ0n) is 12.4. The maximum absolute atomic E-state index is 5.80. The second-order valence-corrected chi connectivity index (χ2v) is 7.51. The summed E-state index contributed by atoms with van der Waals surface area (Å²) in [5.41, 5.74) is 0. The van der Waals surface area contributed by atoms with Crippen molar-refractivity contribution in [3.8, 4) is 17.2 Å². The molecule has 3 nitrogen and oxygen atoms in total. The standard InChI is InChI=1S/C15H21Br3O3/c1-4-13(16)19-10-7-11(20-14(17)5-2)9-12(8-10)21-15(18)6-3/h7-9,13-15H,4-6H2,1-3H3. The summed E-state index contributed by atoms with van der Waals surface area (Å²) in [7, 11) is 0. The minimum atomic E-state index is -0.0301. The van der Waals surface area contributed by atoms with E-state index in [1.165, 1.54) is 0 Å². The van der Waals surface area contributed by atoms with Crippen molar-refractivity contribution in [2.75, 3.05) is 0 Å². The first-order valence-electron chi connectivity index (χ1n) is 7.05. The van der Waals surface area contributed by atoms with Gasteiger partial charge in [-0.1, -0.05) is 20.8 Å². The van der Waals surface area contributed by atoms with E-state index in [-0.39, 0.29) is 15.0 Å². The quantitative estimate of drug-likeness (QED) is 0.386. The molecule has 1 aromatic carbocycles. The van der Waals surface area contributed by atoms with Crippen molar-refractivity contribution >= 4 is 47.8 Å². The molecule has 0 spiro atoms. The maximum Gasteiger partial charge on any atom is 0.153 e. The van der Waals surface area contributed by atoms with Crippen LogP contribution in [0.4, 0.5) is 0 Å². The fourth-order valence-electron chi connectivity index (χ4n) is 1.44. The van der Waals surface area contributed by atoms with E-state index in [9.17, 15) is 0 Å². The lowest BCUT2D eigenvalue weighted by Crippen LogP contribution is -2.10. The molecule has 0 saturated heterocycles. The highest BCUT2D eigenvalue weighted by atomic mass is 79.9. The molecule has 3 unspecified atom stereocenters. The van der Waals surface area contributed by atoms with Gasteiger partial charge in [-0.2, -0.15) is 0 Å². The normalized spacial score (nSPS) is 15.1. The lowest BCUT2D eigenvalue weighted by Gasteiger charge is -2.18. The van der Waals surface area contributed by atoms with Gasteiger partial charge in [0.25, 0.3) is 0 Å². The number of halogens is 3. The third-order valence-electron chi connectivity index (χ3n) is 2.61. The highest BCUT2D eigenvalue weighted by Crippen LogP contribution is 2.32. The Morgan fingerprint density at radius 2 is 0.905 bits per heavy atom. The minimum absolute atomic E-state index is 0.0301. The molecule has 120 valence electrons. The Balaban J connectivity index is 2.95. The van der Waals surface area contributed by atoms with Crippen LogP contribution >= 0.6 is 47.8 Å². The number of ether oxygens (including phenoxy) is 3. The highest BCUT2D eigenvalue weighted by molar-refractivity contribution is 9.09. The summed E-state index contributed by atoms with van der Waals surface area (Å²) in [4.78, 5) is 0. The van der Waals surface area contributed by atoms with E-state index in [0.29, 0.717) is 0 Å². The lowest BCUT2D eigenvalue weighted by molar-refractivity contribution is 0.261. The Morgan fingerprint density at radius 3 is 1.10 bits per heavy atom. The molecule has 6 heteroatoms. The van der Waals surface area contributed by atoms with E-state index in [2.05, 4.69) is 47.8 Å². The molecule has 0 aromatic heterocycles. The zero-order valence-corrected chi connectivity index (χ0v) is 17.2. The van der Waals surface area contributed by atoms with Crippen LogP contribution in [0.3, 0.4) is 0 Å². The van der Waals surface area contributed by atoms with Gasteiger partial charge in [-0.25, -0.2) is 0 Å². The highest BCUT2D eigenvalue weighted by Gasteiger charge is 2.12. The molecule has 0 aliphatic heterocycles. The van der Waals surface area contributed by atoms with Gasteiger partial charge < -0.3 is 14.2 Å². The van der Waals surface area contributed by atoms with Crippen LogP contribution in [-0.2, 0) is 0 Å². The van der Waals surface area contributed by atoms with Crippen LogP contribution in [0.15, 0.2) is 18.2 Å². The van der Waals surface area contributed by atoms with Crippen LogP contribution in [0.25, 0.3) is 0 Å². The van der Waals surface area contributed by atoms with Gasteiger partial charge in [0.15, 0.2) is 15.0 Å². The maximum atomic E-state index is 5.80. The monoisotopic (exact) mass is 486 g/mol. The molecule has 0 aliphatic rings. The molecule has 0 N–H and O–H groups in total. The number of rotatable bonds is 9. The topological polar surface area (TPSA) is 27.7 Å². The Bertz CT molecular complexity index is 354. The molecule has 0 bridgehead atoms. The van der Waals surface area contributed by atoms with Gasteiger partial charge in [-0.05, 0) is 67.1 Å². The van der Waals surface area contributed by atoms with Crippen LogP contribution in [0, 0.1) is 0 Å². The third-order valence-corrected chi connectivity index (χ3v) is 5.11. The van der Waals surface area contributed by atoms with E-state index in [4.69, 9.17) is 14.2 Å². The van der Waals surface area contributed by atoms with Gasteiger partial charge in [0, 0.05) is 18.2 Å². The summed E-state index contributed by atoms with van der Waals surface area (Å²) in [5.74, 6) is 2.16. The van der Waals surface area contributed by atoms with Crippen LogP contribution < -0.4 is 14.2 Å². The number of alkyl halides is 3. The van der Waals surface area contributed by atoms with Crippen LogP contribution in [0.1, 0.15) is 40.0 Å². The predicted octanol–water partition coefficient (Wildman–Crippen LogP) is 6.22. The predicted molar refractivity (Wildman–Crippen MR) is 97.3 cm³/mol. The summed E-state index contributed by atoms with van der Waals surface area (Å²) in [6, 6.07) is 5.61. The van der Waals surface area contributed by atoms with E-state index in [1.54, 1.807) is 0 Å². The van der Waals surface area contributed by atoms with Gasteiger partial charge in [0.2, 0.25) is 0 Å². The molecule has 21 heavy (non-hydrogen) atoms. The van der Waals surface area contributed by atoms with Gasteiger partial charge in [0.05, 0.1) is 0 Å². The van der Waals surface area contributed by atoms with E-state index in [0.717, 1.165) is 36.5 Å². The van der Waals surface area contributed by atoms with E-state index in [1.807, 2.05) is 39.0 Å². The fourth-order valence-corrected chi connectivity index (χ4v) is 2.09. The van der Waals surface area contributed by atoms with Crippen molar-refractivity contribution < 1.29 is 14.2 Å². The fraction of sp³-hybridized carbons (Fsp3) is 0.600. The van der Waals surface area contributed by atoms with Crippen molar-refractivity contribution in [2.45, 2.75) is 55.1 Å². The van der Waals surface area contributed by atoms with Crippen LogP contribution in [0.5, 0.6) is 17.2 Å². The SMILES string of the molecule is CCC(Br)Oc1cc(OC(Br)CC)cc(OC(Br)CC)c1. The van der Waals surface area contributed by atoms with Crippen LogP contribution in [-0.4, -0.2) is 15.0 Å². The Hall–Kier alpha value is 0.0600. The molecule has 0 fully saturated rings. The third kappa shape index (κ3) is 7.24. The molecule has 0 radical (unpaired) electrons. The smallest absolute Gasteiger partial charge is 0.153 e. The van der Waals surface area contributed by atoms with Crippen molar-refractivity contribution in [1.82, 2.24) is 0 Å². The average Bonchev–Trinajstić information content (AvgIpc) is 2.46. The summed E-state index contributed by atoms with van der Waals surface area (Å²) in [6.45, 7) is 6.15. The van der Waals surface area contributed by atoms with E-state index < -0.39 is 0 Å². The van der Waals surface area contributed by atoms with Crippen LogP contribution in [0.2, 0.25) is 0 Å². The molecule has 0 saturated carbocycles. The van der Waals surface area contributed by atoms with Gasteiger partial charge in [0.1, 0.15) is 17.2 Å². The minimum Gasteiger partial charge on any atom is -0.479 e. The summed E-state index contributed by atoms with van der Waals surface area (Å²) >= 11 is 10.4. The molecule has 3 atom stereocenters. The Morgan fingerprint density at radius 1 is 0.667 bits per heavy atom. The van der Waals surface area contributed by atoms with Gasteiger partial charge in [-0.3, -0.25) is 0 Å². The first-order chi connectivity index (χ1) is 9.98. The van der Waals surface area contributed by atoms with Gasteiger partial charge >= 0.3 is 0 Å². The molecule has 0 heterocycles. The van der Waals surface area contributed by atoms with Crippen molar-refractivity contribution in [3.05, 3.63) is 18.2 Å². The molecular formula is C15H21Br3O3. The van der Waals surface area contributed by atoms with Gasteiger partial charge in [-0.15, -0.1) is 0 Å². The molecule has 1 rings (SSSR count). The Labute approximate surface area is 152 Å². The molecule has 1 aromatic rings. The molecule has 0 aliphatic carbocycles. The summed E-state index contributed by atoms with van der Waals surface area (Å²) in [6.07, 6.45) is 2.61. The average molecular weight is 489 g/mol. The first-order valence-corrected chi connectivity index (χ1v) is 9.80. The molecular weight excluding hydrogens is 468 g/mol. The largest absolute Gasteiger partial charge is 0.479 e. The lowest BCUT2D eigenvalue weighted by atomic mass is 10.3. The number of hydrogen-bond acceptors (Lipinski definition) is 3. The number of benzene rings is 1. The second kappa shape index (κ2) is 9.95. The van der Waals surface area contributed by atoms with Crippen molar-refractivity contribution in [1.29, 1.82) is 0 Å². The Kier molecular flexibility index (Phi) is 9.06. The number of hydrogen-bond donors (Lipinski definition) is 0.